The summed E-state index contributed by atoms with van der Waals surface area (Å²) in [4.78, 5) is 0.366. The van der Waals surface area contributed by atoms with Gasteiger partial charge in [0.05, 0.1) is 4.90 Å². The highest BCUT2D eigenvalue weighted by molar-refractivity contribution is 9.10. The normalized spacial score (nSPS) is 17.0. The van der Waals surface area contributed by atoms with E-state index in [0.717, 1.165) is 15.6 Å². The van der Waals surface area contributed by atoms with Crippen LogP contribution in [-0.4, -0.2) is 22.0 Å². The molecule has 0 radical (unpaired) electrons. The highest BCUT2D eigenvalue weighted by Crippen LogP contribution is 2.36. The average molecular weight is 375 g/mol. The Morgan fingerprint density at radius 1 is 1.38 bits per heavy atom. The molecule has 1 aliphatic rings. The average Bonchev–Trinajstić information content (AvgIpc) is 3.24. The van der Waals surface area contributed by atoms with Crippen molar-refractivity contribution in [1.82, 2.24) is 10.0 Å². The van der Waals surface area contributed by atoms with Crippen molar-refractivity contribution >= 4 is 26.0 Å². The predicted octanol–water partition coefficient (Wildman–Crippen LogP) is 2.80. The van der Waals surface area contributed by atoms with Crippen LogP contribution < -0.4 is 10.0 Å². The number of hydrogen-bond acceptors (Lipinski definition) is 3. The van der Waals surface area contributed by atoms with E-state index in [0.29, 0.717) is 29.8 Å². The molecule has 4 nitrogen and oxygen atoms in total. The maximum absolute atomic E-state index is 12.6. The van der Waals surface area contributed by atoms with Crippen LogP contribution in [0.5, 0.6) is 0 Å². The van der Waals surface area contributed by atoms with Gasteiger partial charge in [-0.1, -0.05) is 22.9 Å². The fourth-order valence-electron chi connectivity index (χ4n) is 2.44. The number of rotatable bonds is 7. The van der Waals surface area contributed by atoms with Gasteiger partial charge >= 0.3 is 0 Å². The van der Waals surface area contributed by atoms with Crippen molar-refractivity contribution in [3.63, 3.8) is 0 Å². The molecular formula is C15H23BrN2O2S. The van der Waals surface area contributed by atoms with E-state index in [-0.39, 0.29) is 0 Å². The van der Waals surface area contributed by atoms with Gasteiger partial charge in [-0.2, -0.15) is 0 Å². The molecule has 0 amide bonds. The first-order valence-electron chi connectivity index (χ1n) is 7.28. The van der Waals surface area contributed by atoms with Crippen LogP contribution >= 0.6 is 15.9 Å². The van der Waals surface area contributed by atoms with Crippen molar-refractivity contribution in [1.29, 1.82) is 0 Å². The minimum Gasteiger partial charge on any atom is -0.316 e. The van der Waals surface area contributed by atoms with Crippen molar-refractivity contribution in [3.8, 4) is 0 Å². The minimum absolute atomic E-state index is 0.366. The molecule has 1 aliphatic carbocycles. The molecule has 118 valence electrons. The smallest absolute Gasteiger partial charge is 0.240 e. The van der Waals surface area contributed by atoms with E-state index in [2.05, 4.69) is 32.9 Å². The molecule has 0 saturated heterocycles. The van der Waals surface area contributed by atoms with Gasteiger partial charge in [0.1, 0.15) is 0 Å². The summed E-state index contributed by atoms with van der Waals surface area (Å²) in [6.45, 7) is 5.09. The molecule has 1 fully saturated rings. The Hall–Kier alpha value is -0.430. The Morgan fingerprint density at radius 2 is 2.05 bits per heavy atom. The highest BCUT2D eigenvalue weighted by atomic mass is 79.9. The van der Waals surface area contributed by atoms with Crippen molar-refractivity contribution < 1.29 is 8.42 Å². The summed E-state index contributed by atoms with van der Waals surface area (Å²) in [7, 11) is -1.62. The van der Waals surface area contributed by atoms with Gasteiger partial charge in [0, 0.05) is 17.6 Å². The van der Waals surface area contributed by atoms with Crippen LogP contribution in [0.4, 0.5) is 0 Å². The first-order chi connectivity index (χ1) is 9.85. The van der Waals surface area contributed by atoms with Gasteiger partial charge in [-0.3, -0.25) is 0 Å². The Kier molecular flexibility index (Phi) is 5.46. The van der Waals surface area contributed by atoms with Crippen molar-refractivity contribution in [2.75, 3.05) is 13.6 Å². The van der Waals surface area contributed by atoms with Gasteiger partial charge in [0.2, 0.25) is 10.0 Å². The lowest BCUT2D eigenvalue weighted by molar-refractivity contribution is 0.491. The monoisotopic (exact) mass is 374 g/mol. The Bertz CT molecular complexity index is 612. The molecule has 0 aliphatic heterocycles. The second-order valence-corrected chi connectivity index (χ2v) is 8.49. The lowest BCUT2D eigenvalue weighted by atomic mass is 10.1. The maximum atomic E-state index is 12.6. The third kappa shape index (κ3) is 4.28. The third-order valence-corrected chi connectivity index (χ3v) is 6.42. The third-order valence-electron chi connectivity index (χ3n) is 4.05. The van der Waals surface area contributed by atoms with E-state index in [4.69, 9.17) is 0 Å². The van der Waals surface area contributed by atoms with Crippen LogP contribution in [0.3, 0.4) is 0 Å². The molecular weight excluding hydrogens is 352 g/mol. The molecule has 21 heavy (non-hydrogen) atoms. The number of sulfonamides is 1. The summed E-state index contributed by atoms with van der Waals surface area (Å²) in [5, 5.41) is 3.05. The number of nitrogens with one attached hydrogen (secondary N) is 2. The van der Waals surface area contributed by atoms with Gasteiger partial charge in [-0.15, -0.1) is 0 Å². The van der Waals surface area contributed by atoms with Gasteiger partial charge in [0.15, 0.2) is 0 Å². The minimum atomic E-state index is -3.46. The van der Waals surface area contributed by atoms with Gasteiger partial charge < -0.3 is 5.32 Å². The molecule has 1 saturated carbocycles. The molecule has 2 rings (SSSR count). The molecule has 1 unspecified atom stereocenters. The maximum Gasteiger partial charge on any atom is 0.240 e. The van der Waals surface area contributed by atoms with E-state index in [1.807, 2.05) is 20.0 Å². The summed E-state index contributed by atoms with van der Waals surface area (Å²) < 4.78 is 28.7. The van der Waals surface area contributed by atoms with Gasteiger partial charge in [0.25, 0.3) is 0 Å². The van der Waals surface area contributed by atoms with Crippen LogP contribution in [0, 0.1) is 18.8 Å². The summed E-state index contributed by atoms with van der Waals surface area (Å²) >= 11 is 3.45. The second-order valence-electron chi connectivity index (χ2n) is 5.90. The fraction of sp³-hybridized carbons (Fsp3) is 0.600. The molecule has 1 aromatic carbocycles. The Labute approximate surface area is 135 Å². The topological polar surface area (TPSA) is 58.2 Å². The van der Waals surface area contributed by atoms with E-state index in [9.17, 15) is 8.42 Å². The van der Waals surface area contributed by atoms with Crippen LogP contribution in [0.15, 0.2) is 21.5 Å². The van der Waals surface area contributed by atoms with Crippen molar-refractivity contribution in [2.45, 2.75) is 38.1 Å². The number of benzene rings is 1. The molecule has 1 atom stereocenters. The zero-order valence-electron chi connectivity index (χ0n) is 12.7. The zero-order valence-corrected chi connectivity index (χ0v) is 15.1. The van der Waals surface area contributed by atoms with E-state index >= 15 is 0 Å². The Morgan fingerprint density at radius 3 is 2.62 bits per heavy atom. The molecule has 6 heteroatoms. The largest absolute Gasteiger partial charge is 0.316 e. The first kappa shape index (κ1) is 16.9. The van der Waals surface area contributed by atoms with E-state index < -0.39 is 10.0 Å². The quantitative estimate of drug-likeness (QED) is 0.771. The fourth-order valence-corrected chi connectivity index (χ4v) is 4.54. The Balaban J connectivity index is 2.21. The standard InChI is InChI=1S/C15H23BrN2O2S/c1-10(13-4-5-13)8-18-21(19,20)15-7-12(9-17-3)6-14(16)11(15)2/h6-7,10,13,17-18H,4-5,8-9H2,1-3H3. The molecule has 2 N–H and O–H groups in total. The lowest BCUT2D eigenvalue weighted by Gasteiger charge is -2.15. The van der Waals surface area contributed by atoms with Crippen LogP contribution in [-0.2, 0) is 16.6 Å². The predicted molar refractivity (Wildman–Crippen MR) is 88.7 cm³/mol. The SMILES string of the molecule is CNCc1cc(Br)c(C)c(S(=O)(=O)NCC(C)C2CC2)c1. The molecule has 0 spiro atoms. The summed E-state index contributed by atoms with van der Waals surface area (Å²) in [5.41, 5.74) is 1.70. The lowest BCUT2D eigenvalue weighted by Crippen LogP contribution is -2.30. The zero-order chi connectivity index (χ0) is 15.6. The summed E-state index contributed by atoms with van der Waals surface area (Å²) in [6, 6.07) is 3.71. The van der Waals surface area contributed by atoms with E-state index in [1.54, 1.807) is 6.07 Å². The van der Waals surface area contributed by atoms with Crippen LogP contribution in [0.2, 0.25) is 0 Å². The first-order valence-corrected chi connectivity index (χ1v) is 9.56. The second kappa shape index (κ2) is 6.77. The highest BCUT2D eigenvalue weighted by Gasteiger charge is 2.29. The molecule has 0 aromatic heterocycles. The molecule has 0 bridgehead atoms. The van der Waals surface area contributed by atoms with Crippen LogP contribution in [0.25, 0.3) is 0 Å². The summed E-state index contributed by atoms with van der Waals surface area (Å²) in [6.07, 6.45) is 2.45. The van der Waals surface area contributed by atoms with Gasteiger partial charge in [-0.25, -0.2) is 13.1 Å². The van der Waals surface area contributed by atoms with Crippen LogP contribution in [0.1, 0.15) is 30.9 Å². The van der Waals surface area contributed by atoms with Gasteiger partial charge in [-0.05, 0) is 61.9 Å². The van der Waals surface area contributed by atoms with Crippen molar-refractivity contribution in [2.24, 2.45) is 11.8 Å². The molecule has 1 aromatic rings. The van der Waals surface area contributed by atoms with Crippen molar-refractivity contribution in [3.05, 3.63) is 27.7 Å². The van der Waals surface area contributed by atoms with E-state index in [1.165, 1.54) is 12.8 Å². The summed E-state index contributed by atoms with van der Waals surface area (Å²) in [5.74, 6) is 1.10. The molecule has 0 heterocycles. The number of hydrogen-bond donors (Lipinski definition) is 2. The number of halogens is 1.